The molecule has 194 valence electrons. The van der Waals surface area contributed by atoms with Gasteiger partial charge in [0.15, 0.2) is 22.3 Å². The fraction of sp³-hybridized carbons (Fsp3) is 0.786. The van der Waals surface area contributed by atoms with Crippen molar-refractivity contribution in [2.45, 2.75) is 104 Å². The molecular weight excluding hydrogens is 464 g/mol. The first-order valence-corrected chi connectivity index (χ1v) is 14.3. The number of carbonyl (C=O) groups is 4. The first-order chi connectivity index (χ1) is 16.5. The highest BCUT2D eigenvalue weighted by Crippen LogP contribution is 2.68. The Bertz CT molecular complexity index is 942. The number of Topliss-reactive ketones (excluding diaryl/α,β-unsaturated/α-hetero) is 1. The van der Waals surface area contributed by atoms with Gasteiger partial charge in [-0.05, 0) is 74.2 Å². The molecule has 0 heterocycles. The van der Waals surface area contributed by atoms with Crippen LogP contribution in [0.15, 0.2) is 11.6 Å². The molecule has 4 rings (SSSR count). The van der Waals surface area contributed by atoms with Crippen LogP contribution in [0.5, 0.6) is 0 Å². The maximum absolute atomic E-state index is 13.8. The summed E-state index contributed by atoms with van der Waals surface area (Å²) in [5, 5.41) is 11.6. The molecule has 7 heteroatoms. The standard InChI is InChI=1S/C28H40O6S/c1-5-7-23(32)34-28(22(31)16-35-24(33)6-2)13-11-20-19-9-8-17-14-18(29)10-12-26(17,3)25(19)21(30)15-27(20,28)4/h14,19-21,25,30H,5-13,15-16H2,1-4H3/t19-,20-,21-,25+,26-,27-,28-/m0/s1. The van der Waals surface area contributed by atoms with Crippen LogP contribution in [-0.4, -0.2) is 45.2 Å². The van der Waals surface area contributed by atoms with E-state index in [9.17, 15) is 24.3 Å². The number of carbonyl (C=O) groups excluding carboxylic acids is 4. The van der Waals surface area contributed by atoms with Crippen molar-refractivity contribution in [3.05, 3.63) is 11.6 Å². The molecule has 0 bridgehead atoms. The lowest BCUT2D eigenvalue weighted by Crippen LogP contribution is -2.63. The van der Waals surface area contributed by atoms with Crippen molar-refractivity contribution in [3.63, 3.8) is 0 Å². The number of ketones is 2. The van der Waals surface area contributed by atoms with Gasteiger partial charge in [0.1, 0.15) is 0 Å². The number of ether oxygens (including phenoxy) is 1. The number of fused-ring (bicyclic) bond motifs is 5. The summed E-state index contributed by atoms with van der Waals surface area (Å²) in [4.78, 5) is 50.7. The van der Waals surface area contributed by atoms with E-state index in [1.807, 2.05) is 19.9 Å². The monoisotopic (exact) mass is 504 g/mol. The maximum atomic E-state index is 13.8. The second-order valence-corrected chi connectivity index (χ2v) is 12.6. The van der Waals surface area contributed by atoms with Gasteiger partial charge in [-0.15, -0.1) is 0 Å². The molecule has 0 aromatic carbocycles. The van der Waals surface area contributed by atoms with Crippen molar-refractivity contribution in [1.82, 2.24) is 0 Å². The van der Waals surface area contributed by atoms with E-state index in [2.05, 4.69) is 6.92 Å². The van der Waals surface area contributed by atoms with Gasteiger partial charge >= 0.3 is 5.97 Å². The predicted molar refractivity (Wildman–Crippen MR) is 135 cm³/mol. The molecule has 0 amide bonds. The first-order valence-electron chi connectivity index (χ1n) is 13.3. The molecule has 6 nitrogen and oxygen atoms in total. The van der Waals surface area contributed by atoms with Crippen LogP contribution in [0.25, 0.3) is 0 Å². The zero-order valence-corrected chi connectivity index (χ0v) is 22.4. The van der Waals surface area contributed by atoms with Gasteiger partial charge in [-0.1, -0.05) is 45.0 Å². The highest BCUT2D eigenvalue weighted by atomic mass is 32.2. The second kappa shape index (κ2) is 9.77. The number of hydrogen-bond acceptors (Lipinski definition) is 7. The van der Waals surface area contributed by atoms with Crippen molar-refractivity contribution in [3.8, 4) is 0 Å². The third kappa shape index (κ3) is 4.24. The van der Waals surface area contributed by atoms with Crippen molar-refractivity contribution in [1.29, 1.82) is 0 Å². The molecule has 0 aromatic rings. The highest BCUT2D eigenvalue weighted by molar-refractivity contribution is 8.14. The Labute approximate surface area is 213 Å². The molecule has 0 saturated heterocycles. The average molecular weight is 505 g/mol. The van der Waals surface area contributed by atoms with Crippen LogP contribution in [0.3, 0.4) is 0 Å². The molecule has 0 radical (unpaired) electrons. The number of allylic oxidation sites excluding steroid dienone is 1. The summed E-state index contributed by atoms with van der Waals surface area (Å²) in [6.45, 7) is 7.91. The number of esters is 1. The van der Waals surface area contributed by atoms with Crippen LogP contribution in [0.4, 0.5) is 0 Å². The Balaban J connectivity index is 1.70. The van der Waals surface area contributed by atoms with Crippen LogP contribution in [0.1, 0.15) is 91.9 Å². The molecule has 35 heavy (non-hydrogen) atoms. The molecular formula is C28H40O6S. The van der Waals surface area contributed by atoms with E-state index in [-0.39, 0.29) is 58.0 Å². The summed E-state index contributed by atoms with van der Waals surface area (Å²) in [7, 11) is 0. The fourth-order valence-corrected chi connectivity index (χ4v) is 8.90. The van der Waals surface area contributed by atoms with E-state index in [0.29, 0.717) is 32.1 Å². The summed E-state index contributed by atoms with van der Waals surface area (Å²) >= 11 is 1.00. The van der Waals surface area contributed by atoms with E-state index < -0.39 is 17.1 Å². The van der Waals surface area contributed by atoms with E-state index in [0.717, 1.165) is 37.4 Å². The molecule has 3 saturated carbocycles. The largest absolute Gasteiger partial charge is 0.450 e. The predicted octanol–water partition coefficient (Wildman–Crippen LogP) is 4.81. The molecule has 4 aliphatic carbocycles. The Morgan fingerprint density at radius 2 is 1.89 bits per heavy atom. The molecule has 4 aliphatic rings. The summed E-state index contributed by atoms with van der Waals surface area (Å²) in [5.41, 5.74) is -1.04. The molecule has 1 N–H and O–H groups in total. The minimum atomic E-state index is -1.31. The van der Waals surface area contributed by atoms with E-state index in [1.165, 1.54) is 5.57 Å². The Hall–Kier alpha value is -1.47. The number of hydrogen-bond donors (Lipinski definition) is 1. The Kier molecular flexibility index (Phi) is 7.42. The molecule has 0 spiro atoms. The number of aliphatic hydroxyl groups excluding tert-OH is 1. The molecule has 0 aromatic heterocycles. The summed E-state index contributed by atoms with van der Waals surface area (Å²) in [5.74, 6) is -0.0417. The molecule has 3 fully saturated rings. The van der Waals surface area contributed by atoms with E-state index >= 15 is 0 Å². The number of aliphatic hydroxyl groups is 1. The minimum Gasteiger partial charge on any atom is -0.450 e. The quantitative estimate of drug-likeness (QED) is 0.497. The van der Waals surface area contributed by atoms with E-state index in [1.54, 1.807) is 6.92 Å². The molecule has 0 unspecified atom stereocenters. The topological polar surface area (TPSA) is 97.7 Å². The molecule has 7 atom stereocenters. The van der Waals surface area contributed by atoms with Gasteiger partial charge in [0.25, 0.3) is 0 Å². The number of rotatable bonds is 7. The van der Waals surface area contributed by atoms with Crippen LogP contribution in [0.2, 0.25) is 0 Å². The normalized spacial score (nSPS) is 40.3. The third-order valence-electron chi connectivity index (χ3n) is 9.86. The van der Waals surface area contributed by atoms with Crippen LogP contribution < -0.4 is 0 Å². The van der Waals surface area contributed by atoms with E-state index in [4.69, 9.17) is 4.74 Å². The summed E-state index contributed by atoms with van der Waals surface area (Å²) in [6.07, 6.45) is 6.94. The lowest BCUT2D eigenvalue weighted by atomic mass is 9.45. The van der Waals surface area contributed by atoms with Crippen molar-refractivity contribution >= 4 is 34.4 Å². The van der Waals surface area contributed by atoms with Gasteiger partial charge in [-0.25, -0.2) is 0 Å². The lowest BCUT2D eigenvalue weighted by molar-refractivity contribution is -0.200. The second-order valence-electron chi connectivity index (χ2n) is 11.6. The fourth-order valence-electron chi connectivity index (χ4n) is 8.17. The maximum Gasteiger partial charge on any atom is 0.306 e. The summed E-state index contributed by atoms with van der Waals surface area (Å²) in [6, 6.07) is 0. The average Bonchev–Trinajstić information content (AvgIpc) is 3.09. The SMILES string of the molecule is CCCC(=O)O[C@]1(C(=O)CSC(=O)CC)CC[C@H]2[C@@H]3CCC4=CC(=O)CC[C@]4(C)[C@H]3[C@@H](O)C[C@@]21C. The minimum absolute atomic E-state index is 0.00864. The van der Waals surface area contributed by atoms with Gasteiger partial charge in [0.2, 0.25) is 0 Å². The van der Waals surface area contributed by atoms with Crippen LogP contribution >= 0.6 is 11.8 Å². The Morgan fingerprint density at radius 1 is 1.14 bits per heavy atom. The van der Waals surface area contributed by atoms with Gasteiger partial charge in [0, 0.05) is 24.7 Å². The van der Waals surface area contributed by atoms with Crippen molar-refractivity contribution < 1.29 is 29.0 Å². The Morgan fingerprint density at radius 3 is 2.57 bits per heavy atom. The summed E-state index contributed by atoms with van der Waals surface area (Å²) < 4.78 is 6.13. The van der Waals surface area contributed by atoms with Gasteiger partial charge in [-0.3, -0.25) is 19.2 Å². The van der Waals surface area contributed by atoms with Crippen molar-refractivity contribution in [2.75, 3.05) is 5.75 Å². The van der Waals surface area contributed by atoms with Crippen LogP contribution in [0, 0.1) is 28.6 Å². The zero-order chi connectivity index (χ0) is 25.6. The molecule has 0 aliphatic heterocycles. The lowest BCUT2D eigenvalue weighted by Gasteiger charge is -2.60. The van der Waals surface area contributed by atoms with Crippen molar-refractivity contribution in [2.24, 2.45) is 28.6 Å². The highest BCUT2D eigenvalue weighted by Gasteiger charge is 2.70. The zero-order valence-electron chi connectivity index (χ0n) is 21.6. The first kappa shape index (κ1) is 26.6. The van der Waals surface area contributed by atoms with Gasteiger partial charge < -0.3 is 9.84 Å². The van der Waals surface area contributed by atoms with Crippen LogP contribution in [-0.2, 0) is 23.9 Å². The van der Waals surface area contributed by atoms with Gasteiger partial charge in [-0.2, -0.15) is 0 Å². The third-order valence-corrected chi connectivity index (χ3v) is 10.9. The van der Waals surface area contributed by atoms with Gasteiger partial charge in [0.05, 0.1) is 11.9 Å². The number of thioether (sulfide) groups is 1. The smallest absolute Gasteiger partial charge is 0.306 e.